The highest BCUT2D eigenvalue weighted by atomic mass is 16.3. The Morgan fingerprint density at radius 1 is 1.37 bits per heavy atom. The fraction of sp³-hybridized carbons (Fsp3) is 0.538. The average molecular weight is 261 g/mol. The third-order valence-electron chi connectivity index (χ3n) is 3.74. The van der Waals surface area contributed by atoms with E-state index in [2.05, 4.69) is 14.9 Å². The average Bonchev–Trinajstić information content (AvgIpc) is 2.72. The van der Waals surface area contributed by atoms with Gasteiger partial charge in [-0.2, -0.15) is 0 Å². The summed E-state index contributed by atoms with van der Waals surface area (Å²) < 4.78 is 1.89. The molecule has 0 aromatic carbocycles. The van der Waals surface area contributed by atoms with Crippen LogP contribution in [0.1, 0.15) is 26.2 Å². The van der Waals surface area contributed by atoms with E-state index in [1.807, 2.05) is 17.5 Å². The van der Waals surface area contributed by atoms with Gasteiger partial charge in [-0.05, 0) is 26.2 Å². The number of hydrogen-bond acceptors (Lipinski definition) is 5. The Kier molecular flexibility index (Phi) is 2.82. The van der Waals surface area contributed by atoms with E-state index in [-0.39, 0.29) is 0 Å². The molecule has 1 saturated heterocycles. The van der Waals surface area contributed by atoms with Gasteiger partial charge in [0.2, 0.25) is 0 Å². The van der Waals surface area contributed by atoms with Gasteiger partial charge in [-0.3, -0.25) is 0 Å². The SMILES string of the molecule is CC1(O)CCCN(c2nc(N)cn3ccnc23)CC1. The Balaban J connectivity index is 1.97. The predicted octanol–water partition coefficient (Wildman–Crippen LogP) is 1.05. The van der Waals surface area contributed by atoms with E-state index in [1.165, 1.54) is 0 Å². The van der Waals surface area contributed by atoms with Crippen LogP contribution in [0, 0.1) is 0 Å². The summed E-state index contributed by atoms with van der Waals surface area (Å²) in [6, 6.07) is 0. The van der Waals surface area contributed by atoms with Gasteiger partial charge in [-0.25, -0.2) is 9.97 Å². The van der Waals surface area contributed by atoms with Crippen LogP contribution in [0.3, 0.4) is 0 Å². The maximum Gasteiger partial charge on any atom is 0.180 e. The van der Waals surface area contributed by atoms with Gasteiger partial charge >= 0.3 is 0 Å². The zero-order chi connectivity index (χ0) is 13.5. The minimum absolute atomic E-state index is 0.483. The molecule has 2 aromatic rings. The van der Waals surface area contributed by atoms with Gasteiger partial charge < -0.3 is 20.1 Å². The van der Waals surface area contributed by atoms with E-state index >= 15 is 0 Å². The number of aromatic nitrogens is 3. The Bertz CT molecular complexity index is 592. The maximum absolute atomic E-state index is 10.2. The molecule has 0 amide bonds. The molecule has 3 heterocycles. The highest BCUT2D eigenvalue weighted by Crippen LogP contribution is 2.26. The molecule has 0 saturated carbocycles. The van der Waals surface area contributed by atoms with Crippen molar-refractivity contribution in [2.45, 2.75) is 31.8 Å². The first kappa shape index (κ1) is 12.2. The van der Waals surface area contributed by atoms with Crippen LogP contribution in [0.4, 0.5) is 11.6 Å². The molecule has 102 valence electrons. The van der Waals surface area contributed by atoms with Gasteiger partial charge in [0, 0.05) is 25.5 Å². The van der Waals surface area contributed by atoms with E-state index in [4.69, 9.17) is 5.73 Å². The number of nitrogens with zero attached hydrogens (tertiary/aromatic N) is 4. The van der Waals surface area contributed by atoms with Gasteiger partial charge in [0.1, 0.15) is 5.82 Å². The fourth-order valence-electron chi connectivity index (χ4n) is 2.62. The molecule has 0 radical (unpaired) electrons. The zero-order valence-electron chi connectivity index (χ0n) is 11.1. The molecule has 1 aliphatic heterocycles. The maximum atomic E-state index is 10.2. The molecule has 1 fully saturated rings. The normalized spacial score (nSPS) is 24.6. The summed E-state index contributed by atoms with van der Waals surface area (Å²) in [5, 5.41) is 10.2. The number of rotatable bonds is 1. The number of imidazole rings is 1. The minimum atomic E-state index is -0.583. The van der Waals surface area contributed by atoms with Crippen molar-refractivity contribution in [2.75, 3.05) is 23.7 Å². The molecule has 1 unspecified atom stereocenters. The van der Waals surface area contributed by atoms with Crippen LogP contribution in [0.15, 0.2) is 18.6 Å². The number of anilines is 2. The number of nitrogen functional groups attached to an aromatic ring is 1. The third-order valence-corrected chi connectivity index (χ3v) is 3.74. The van der Waals surface area contributed by atoms with Gasteiger partial charge in [0.15, 0.2) is 11.5 Å². The van der Waals surface area contributed by atoms with Crippen LogP contribution >= 0.6 is 0 Å². The Hall–Kier alpha value is -1.82. The summed E-state index contributed by atoms with van der Waals surface area (Å²) in [5.74, 6) is 1.29. The first-order valence-corrected chi connectivity index (χ1v) is 6.62. The standard InChI is InChI=1S/C13H19N5O/c1-13(19)3-2-6-17(7-4-13)12-11-15-5-8-18(11)9-10(14)16-12/h5,8-9,19H,2-4,6-7,14H2,1H3. The lowest BCUT2D eigenvalue weighted by Crippen LogP contribution is -2.29. The molecule has 0 aliphatic carbocycles. The van der Waals surface area contributed by atoms with E-state index in [1.54, 1.807) is 12.4 Å². The molecular weight excluding hydrogens is 242 g/mol. The Morgan fingerprint density at radius 2 is 2.21 bits per heavy atom. The molecule has 6 heteroatoms. The van der Waals surface area contributed by atoms with Crippen LogP contribution in [-0.4, -0.2) is 38.2 Å². The highest BCUT2D eigenvalue weighted by molar-refractivity contribution is 5.66. The Labute approximate surface area is 111 Å². The lowest BCUT2D eigenvalue weighted by Gasteiger charge is -2.23. The zero-order valence-corrected chi connectivity index (χ0v) is 11.1. The highest BCUT2D eigenvalue weighted by Gasteiger charge is 2.26. The van der Waals surface area contributed by atoms with Crippen LogP contribution in [0.2, 0.25) is 0 Å². The van der Waals surface area contributed by atoms with Crippen LogP contribution in [-0.2, 0) is 0 Å². The summed E-state index contributed by atoms with van der Waals surface area (Å²) in [6.07, 6.45) is 7.86. The van der Waals surface area contributed by atoms with Crippen molar-refractivity contribution < 1.29 is 5.11 Å². The van der Waals surface area contributed by atoms with Crippen molar-refractivity contribution in [1.82, 2.24) is 14.4 Å². The third kappa shape index (κ3) is 2.35. The number of fused-ring (bicyclic) bond motifs is 1. The predicted molar refractivity (Wildman–Crippen MR) is 74.1 cm³/mol. The van der Waals surface area contributed by atoms with Crippen molar-refractivity contribution >= 4 is 17.3 Å². The molecular formula is C13H19N5O. The summed E-state index contributed by atoms with van der Waals surface area (Å²) in [4.78, 5) is 10.9. The second-order valence-electron chi connectivity index (χ2n) is 5.49. The lowest BCUT2D eigenvalue weighted by atomic mass is 9.98. The van der Waals surface area contributed by atoms with E-state index in [0.29, 0.717) is 5.82 Å². The second-order valence-corrected chi connectivity index (χ2v) is 5.49. The van der Waals surface area contributed by atoms with E-state index < -0.39 is 5.60 Å². The summed E-state index contributed by atoms with van der Waals surface area (Å²) in [5.41, 5.74) is 6.08. The molecule has 3 rings (SSSR count). The first-order valence-electron chi connectivity index (χ1n) is 6.62. The molecule has 6 nitrogen and oxygen atoms in total. The summed E-state index contributed by atoms with van der Waals surface area (Å²) in [7, 11) is 0. The van der Waals surface area contributed by atoms with Gasteiger partial charge in [-0.1, -0.05) is 0 Å². The number of aliphatic hydroxyl groups is 1. The largest absolute Gasteiger partial charge is 0.390 e. The van der Waals surface area contributed by atoms with Crippen molar-refractivity contribution in [3.8, 4) is 0 Å². The molecule has 0 spiro atoms. The molecule has 19 heavy (non-hydrogen) atoms. The molecule has 3 N–H and O–H groups in total. The van der Waals surface area contributed by atoms with Gasteiger partial charge in [-0.15, -0.1) is 0 Å². The van der Waals surface area contributed by atoms with Gasteiger partial charge in [0.25, 0.3) is 0 Å². The van der Waals surface area contributed by atoms with Crippen LogP contribution in [0.5, 0.6) is 0 Å². The molecule has 0 bridgehead atoms. The monoisotopic (exact) mass is 261 g/mol. The number of nitrogens with two attached hydrogens (primary N) is 1. The van der Waals surface area contributed by atoms with Crippen molar-refractivity contribution in [2.24, 2.45) is 0 Å². The van der Waals surface area contributed by atoms with Crippen molar-refractivity contribution in [3.05, 3.63) is 18.6 Å². The van der Waals surface area contributed by atoms with Gasteiger partial charge in [0.05, 0.1) is 11.8 Å². The van der Waals surface area contributed by atoms with Crippen LogP contribution < -0.4 is 10.6 Å². The van der Waals surface area contributed by atoms with Crippen molar-refractivity contribution in [3.63, 3.8) is 0 Å². The smallest absolute Gasteiger partial charge is 0.180 e. The van der Waals surface area contributed by atoms with Crippen LogP contribution in [0.25, 0.3) is 5.65 Å². The van der Waals surface area contributed by atoms with E-state index in [0.717, 1.165) is 43.8 Å². The fourth-order valence-corrected chi connectivity index (χ4v) is 2.62. The molecule has 1 aliphatic rings. The first-order chi connectivity index (χ1) is 9.05. The van der Waals surface area contributed by atoms with Crippen molar-refractivity contribution in [1.29, 1.82) is 0 Å². The Morgan fingerprint density at radius 3 is 3.05 bits per heavy atom. The lowest BCUT2D eigenvalue weighted by molar-refractivity contribution is 0.0481. The quantitative estimate of drug-likeness (QED) is 0.802. The second kappa shape index (κ2) is 4.38. The summed E-state index contributed by atoms with van der Waals surface area (Å²) >= 11 is 0. The molecule has 1 atom stereocenters. The summed E-state index contributed by atoms with van der Waals surface area (Å²) in [6.45, 7) is 3.54. The molecule has 2 aromatic heterocycles. The number of hydrogen-bond donors (Lipinski definition) is 2. The minimum Gasteiger partial charge on any atom is -0.390 e. The topological polar surface area (TPSA) is 79.7 Å². The van der Waals surface area contributed by atoms with E-state index in [9.17, 15) is 5.11 Å².